The van der Waals surface area contributed by atoms with Crippen LogP contribution in [0.1, 0.15) is 33.4 Å². The van der Waals surface area contributed by atoms with Gasteiger partial charge >= 0.3 is 0 Å². The smallest absolute Gasteiger partial charge is 0.119 e. The van der Waals surface area contributed by atoms with E-state index in [-0.39, 0.29) is 0 Å². The van der Waals surface area contributed by atoms with Crippen molar-refractivity contribution in [1.29, 1.82) is 0 Å². The average molecular weight is 603 g/mol. The summed E-state index contributed by atoms with van der Waals surface area (Å²) in [5.41, 5.74) is 16.8. The Hall–Kier alpha value is -5.28. The van der Waals surface area contributed by atoms with Crippen molar-refractivity contribution in [3.05, 3.63) is 161 Å². The fraction of sp³-hybridized carbons (Fsp3) is 0.163. The Morgan fingerprint density at radius 3 is 1.04 bits per heavy atom. The fourth-order valence-corrected chi connectivity index (χ4v) is 6.34. The summed E-state index contributed by atoms with van der Waals surface area (Å²) in [5.74, 6) is 0.844. The standard InChI is InChI=1S/C43H42N2O/c1-29-8-23-41(32(4)26-29)44(38-19-21-40(46-7)22-20-38)37-15-11-35(12-16-37)36-13-17-39(18-14-36)45(42-24-9-30(2)27-33(42)5)43-25-10-31(3)28-34(43)6/h8-28H,1-7H3. The third-order valence-electron chi connectivity index (χ3n) is 8.69. The molecule has 0 aliphatic carbocycles. The highest BCUT2D eigenvalue weighted by molar-refractivity contribution is 5.83. The van der Waals surface area contributed by atoms with E-state index in [9.17, 15) is 0 Å². The largest absolute Gasteiger partial charge is 0.497 e. The molecule has 0 radical (unpaired) electrons. The molecule has 0 aliphatic rings. The lowest BCUT2D eigenvalue weighted by molar-refractivity contribution is 0.415. The molecule has 0 aliphatic heterocycles. The van der Waals surface area contributed by atoms with Gasteiger partial charge in [0, 0.05) is 34.1 Å². The van der Waals surface area contributed by atoms with Gasteiger partial charge in [0.1, 0.15) is 5.75 Å². The molecule has 0 saturated carbocycles. The lowest BCUT2D eigenvalue weighted by atomic mass is 10.0. The first-order chi connectivity index (χ1) is 22.2. The zero-order valence-corrected chi connectivity index (χ0v) is 27.9. The minimum Gasteiger partial charge on any atom is -0.497 e. The summed E-state index contributed by atoms with van der Waals surface area (Å²) in [4.78, 5) is 4.69. The maximum atomic E-state index is 5.44. The van der Waals surface area contributed by atoms with Crippen LogP contribution in [0.25, 0.3) is 11.1 Å². The lowest BCUT2D eigenvalue weighted by Crippen LogP contribution is -2.13. The Balaban J connectivity index is 1.35. The first kappa shape index (κ1) is 30.7. The van der Waals surface area contributed by atoms with Crippen LogP contribution in [0.5, 0.6) is 5.75 Å². The van der Waals surface area contributed by atoms with Gasteiger partial charge in [-0.2, -0.15) is 0 Å². The molecule has 0 aromatic heterocycles. The Bertz CT molecular complexity index is 1920. The zero-order chi connectivity index (χ0) is 32.4. The zero-order valence-electron chi connectivity index (χ0n) is 27.9. The molecule has 0 N–H and O–H groups in total. The van der Waals surface area contributed by atoms with Crippen LogP contribution < -0.4 is 14.5 Å². The van der Waals surface area contributed by atoms with Crippen molar-refractivity contribution >= 4 is 34.1 Å². The lowest BCUT2D eigenvalue weighted by Gasteiger charge is -2.29. The summed E-state index contributed by atoms with van der Waals surface area (Å²) < 4.78 is 5.44. The minimum atomic E-state index is 0.844. The van der Waals surface area contributed by atoms with Gasteiger partial charge in [-0.05, 0) is 136 Å². The van der Waals surface area contributed by atoms with E-state index in [1.165, 1.54) is 55.9 Å². The topological polar surface area (TPSA) is 15.7 Å². The van der Waals surface area contributed by atoms with E-state index in [4.69, 9.17) is 4.74 Å². The van der Waals surface area contributed by atoms with Crippen LogP contribution in [-0.2, 0) is 0 Å². The predicted molar refractivity (Wildman–Crippen MR) is 196 cm³/mol. The fourth-order valence-electron chi connectivity index (χ4n) is 6.34. The van der Waals surface area contributed by atoms with E-state index >= 15 is 0 Å². The maximum absolute atomic E-state index is 5.44. The molecule has 0 bridgehead atoms. The molecule has 6 rings (SSSR count). The predicted octanol–water partition coefficient (Wildman–Crippen LogP) is 12.2. The first-order valence-corrected chi connectivity index (χ1v) is 15.9. The summed E-state index contributed by atoms with van der Waals surface area (Å²) in [6.45, 7) is 13.0. The highest BCUT2D eigenvalue weighted by atomic mass is 16.5. The van der Waals surface area contributed by atoms with Gasteiger partial charge in [-0.3, -0.25) is 0 Å². The van der Waals surface area contributed by atoms with Crippen LogP contribution in [0, 0.1) is 41.5 Å². The number of methoxy groups -OCH3 is 1. The first-order valence-electron chi connectivity index (χ1n) is 15.9. The van der Waals surface area contributed by atoms with E-state index in [1.54, 1.807) is 7.11 Å². The molecule has 6 aromatic rings. The van der Waals surface area contributed by atoms with Crippen molar-refractivity contribution in [2.75, 3.05) is 16.9 Å². The van der Waals surface area contributed by atoms with E-state index in [2.05, 4.69) is 167 Å². The number of anilines is 6. The van der Waals surface area contributed by atoms with Crippen molar-refractivity contribution in [3.8, 4) is 16.9 Å². The molecule has 0 saturated heterocycles. The SMILES string of the molecule is COc1ccc(N(c2ccc(-c3ccc(N(c4ccc(C)cc4C)c4ccc(C)cc4C)cc3)cc2)c2ccc(C)cc2C)cc1. The molecular weight excluding hydrogens is 560 g/mol. The van der Waals surface area contributed by atoms with Crippen molar-refractivity contribution in [3.63, 3.8) is 0 Å². The van der Waals surface area contributed by atoms with Crippen molar-refractivity contribution in [2.24, 2.45) is 0 Å². The number of benzene rings is 6. The number of rotatable bonds is 8. The van der Waals surface area contributed by atoms with Gasteiger partial charge in [-0.15, -0.1) is 0 Å². The van der Waals surface area contributed by atoms with E-state index in [1.807, 2.05) is 12.1 Å². The summed E-state index contributed by atoms with van der Waals surface area (Å²) >= 11 is 0. The maximum Gasteiger partial charge on any atom is 0.119 e. The number of nitrogens with zero attached hydrogens (tertiary/aromatic N) is 2. The molecule has 0 atom stereocenters. The van der Waals surface area contributed by atoms with Crippen molar-refractivity contribution in [2.45, 2.75) is 41.5 Å². The molecule has 3 nitrogen and oxygen atoms in total. The van der Waals surface area contributed by atoms with Gasteiger partial charge in [0.05, 0.1) is 7.11 Å². The van der Waals surface area contributed by atoms with Crippen molar-refractivity contribution < 1.29 is 4.74 Å². The van der Waals surface area contributed by atoms with Crippen LogP contribution in [0.2, 0.25) is 0 Å². The Kier molecular flexibility index (Phi) is 8.68. The molecule has 0 unspecified atom stereocenters. The average Bonchev–Trinajstić information content (AvgIpc) is 3.05. The summed E-state index contributed by atoms with van der Waals surface area (Å²) in [6.07, 6.45) is 0. The normalized spacial score (nSPS) is 10.9. The summed E-state index contributed by atoms with van der Waals surface area (Å²) in [6, 6.07) is 46.1. The number of hydrogen-bond acceptors (Lipinski definition) is 3. The third-order valence-corrected chi connectivity index (χ3v) is 8.69. The number of hydrogen-bond donors (Lipinski definition) is 0. The van der Waals surface area contributed by atoms with Gasteiger partial charge in [0.15, 0.2) is 0 Å². The molecule has 46 heavy (non-hydrogen) atoms. The second-order valence-corrected chi connectivity index (χ2v) is 12.3. The minimum absolute atomic E-state index is 0.844. The number of ether oxygens (including phenoxy) is 1. The van der Waals surface area contributed by atoms with Gasteiger partial charge in [-0.25, -0.2) is 0 Å². The van der Waals surface area contributed by atoms with Gasteiger partial charge in [0.25, 0.3) is 0 Å². The monoisotopic (exact) mass is 602 g/mol. The second-order valence-electron chi connectivity index (χ2n) is 12.3. The van der Waals surface area contributed by atoms with Gasteiger partial charge < -0.3 is 14.5 Å². The number of aryl methyl sites for hydroxylation is 6. The molecule has 6 aromatic carbocycles. The van der Waals surface area contributed by atoms with Crippen LogP contribution in [0.15, 0.2) is 127 Å². The Labute approximate surface area is 274 Å². The van der Waals surface area contributed by atoms with Gasteiger partial charge in [-0.1, -0.05) is 77.4 Å². The Morgan fingerprint density at radius 1 is 0.370 bits per heavy atom. The van der Waals surface area contributed by atoms with E-state index in [0.29, 0.717) is 0 Å². The van der Waals surface area contributed by atoms with Crippen molar-refractivity contribution in [1.82, 2.24) is 0 Å². The summed E-state index contributed by atoms with van der Waals surface area (Å²) in [5, 5.41) is 0. The van der Waals surface area contributed by atoms with Crippen LogP contribution in [0.3, 0.4) is 0 Å². The summed E-state index contributed by atoms with van der Waals surface area (Å²) in [7, 11) is 1.70. The molecule has 3 heteroatoms. The van der Waals surface area contributed by atoms with Crippen LogP contribution in [0.4, 0.5) is 34.1 Å². The molecule has 0 heterocycles. The molecule has 0 spiro atoms. The second kappa shape index (κ2) is 13.0. The quantitative estimate of drug-likeness (QED) is 0.172. The van der Waals surface area contributed by atoms with E-state index < -0.39 is 0 Å². The molecular formula is C43H42N2O. The highest BCUT2D eigenvalue weighted by Crippen LogP contribution is 2.41. The third kappa shape index (κ3) is 6.27. The highest BCUT2D eigenvalue weighted by Gasteiger charge is 2.18. The van der Waals surface area contributed by atoms with Gasteiger partial charge in [0.2, 0.25) is 0 Å². The van der Waals surface area contributed by atoms with Crippen LogP contribution >= 0.6 is 0 Å². The molecule has 0 fully saturated rings. The Morgan fingerprint density at radius 2 is 0.696 bits per heavy atom. The molecule has 230 valence electrons. The molecule has 0 amide bonds. The van der Waals surface area contributed by atoms with E-state index in [0.717, 1.165) is 28.5 Å². The van der Waals surface area contributed by atoms with Crippen LogP contribution in [-0.4, -0.2) is 7.11 Å².